The summed E-state index contributed by atoms with van der Waals surface area (Å²) < 4.78 is 0. The van der Waals surface area contributed by atoms with E-state index in [1.54, 1.807) is 7.05 Å². The van der Waals surface area contributed by atoms with Crippen LogP contribution in [-0.2, 0) is 6.54 Å². The van der Waals surface area contributed by atoms with Gasteiger partial charge in [0.15, 0.2) is 6.29 Å². The van der Waals surface area contributed by atoms with Crippen LogP contribution in [0, 0.1) is 0 Å². The summed E-state index contributed by atoms with van der Waals surface area (Å²) in [6.07, 6.45) is -0.683. The first-order valence-electron chi connectivity index (χ1n) is 5.50. The van der Waals surface area contributed by atoms with Crippen molar-refractivity contribution < 1.29 is 9.59 Å². The van der Waals surface area contributed by atoms with Gasteiger partial charge in [0.2, 0.25) is 0 Å². The van der Waals surface area contributed by atoms with E-state index in [9.17, 15) is 9.59 Å². The molecule has 18 heavy (non-hydrogen) atoms. The lowest BCUT2D eigenvalue weighted by Gasteiger charge is -2.37. The van der Waals surface area contributed by atoms with Gasteiger partial charge in [-0.1, -0.05) is 30.3 Å². The third-order valence-corrected chi connectivity index (χ3v) is 2.69. The number of hydrogen-bond donors (Lipinski definition) is 3. The second-order valence-electron chi connectivity index (χ2n) is 3.90. The molecular formula is C11H15N5O2. The molecule has 7 heteroatoms. The quantitative estimate of drug-likeness (QED) is 0.520. The van der Waals surface area contributed by atoms with E-state index in [4.69, 9.17) is 5.84 Å². The van der Waals surface area contributed by atoms with Gasteiger partial charge in [0.05, 0.1) is 6.54 Å². The Morgan fingerprint density at radius 2 is 2.00 bits per heavy atom. The van der Waals surface area contributed by atoms with Crippen molar-refractivity contribution in [3.05, 3.63) is 35.9 Å². The maximum absolute atomic E-state index is 11.9. The molecule has 2 rings (SSSR count). The van der Waals surface area contributed by atoms with E-state index in [0.29, 0.717) is 0 Å². The third kappa shape index (κ3) is 2.27. The summed E-state index contributed by atoms with van der Waals surface area (Å²) in [5.41, 5.74) is 0.859. The van der Waals surface area contributed by atoms with Crippen LogP contribution in [-0.4, -0.2) is 35.3 Å². The highest BCUT2D eigenvalue weighted by Crippen LogP contribution is 2.10. The highest BCUT2D eigenvalue weighted by molar-refractivity contribution is 5.95. The van der Waals surface area contributed by atoms with Crippen LogP contribution in [0.25, 0.3) is 0 Å². The zero-order valence-corrected chi connectivity index (χ0v) is 9.96. The molecule has 0 spiro atoms. The molecule has 0 radical (unpaired) electrons. The van der Waals surface area contributed by atoms with Crippen molar-refractivity contribution in [2.24, 2.45) is 5.84 Å². The van der Waals surface area contributed by atoms with Gasteiger partial charge in [-0.2, -0.15) is 0 Å². The summed E-state index contributed by atoms with van der Waals surface area (Å²) in [4.78, 5) is 24.8. The molecule has 0 saturated carbocycles. The lowest BCUT2D eigenvalue weighted by molar-refractivity contribution is 0.0909. The highest BCUT2D eigenvalue weighted by Gasteiger charge is 2.35. The Hall–Kier alpha value is -2.12. The predicted octanol–water partition coefficient (Wildman–Crippen LogP) is 0.0105. The normalized spacial score (nSPS) is 20.0. The smallest absolute Gasteiger partial charge is 0.303 e. The van der Waals surface area contributed by atoms with E-state index >= 15 is 0 Å². The largest absolute Gasteiger partial charge is 0.345 e. The lowest BCUT2D eigenvalue weighted by Crippen LogP contribution is -2.70. The fourth-order valence-corrected chi connectivity index (χ4v) is 1.72. The number of imide groups is 1. The average molecular weight is 249 g/mol. The molecule has 7 nitrogen and oxygen atoms in total. The fraction of sp³-hybridized carbons (Fsp3) is 0.273. The van der Waals surface area contributed by atoms with Crippen molar-refractivity contribution in [1.29, 1.82) is 0 Å². The van der Waals surface area contributed by atoms with Crippen LogP contribution in [0.2, 0.25) is 0 Å². The van der Waals surface area contributed by atoms with Gasteiger partial charge in [-0.05, 0) is 12.6 Å². The van der Waals surface area contributed by atoms with E-state index in [1.165, 1.54) is 0 Å². The topological polar surface area (TPSA) is 90.7 Å². The fourth-order valence-electron chi connectivity index (χ4n) is 1.72. The van der Waals surface area contributed by atoms with Gasteiger partial charge < -0.3 is 5.32 Å². The Labute approximate surface area is 105 Å². The Morgan fingerprint density at radius 3 is 2.61 bits per heavy atom. The minimum atomic E-state index is -0.683. The average Bonchev–Trinajstić information content (AvgIpc) is 2.40. The third-order valence-electron chi connectivity index (χ3n) is 2.69. The molecule has 1 fully saturated rings. The van der Waals surface area contributed by atoms with Gasteiger partial charge in [-0.25, -0.2) is 25.3 Å². The van der Waals surface area contributed by atoms with E-state index in [2.05, 4.69) is 10.6 Å². The van der Waals surface area contributed by atoms with Crippen LogP contribution < -0.4 is 16.5 Å². The first-order chi connectivity index (χ1) is 8.63. The second kappa shape index (κ2) is 5.03. The summed E-state index contributed by atoms with van der Waals surface area (Å²) in [5.74, 6) is 5.60. The van der Waals surface area contributed by atoms with Crippen molar-refractivity contribution in [3.63, 3.8) is 0 Å². The second-order valence-corrected chi connectivity index (χ2v) is 3.90. The molecular weight excluding hydrogens is 234 g/mol. The van der Waals surface area contributed by atoms with Gasteiger partial charge >= 0.3 is 12.1 Å². The number of hydrazine groups is 1. The molecule has 0 bridgehead atoms. The van der Waals surface area contributed by atoms with E-state index in [1.807, 2.05) is 30.3 Å². The Bertz CT molecular complexity index is 450. The highest BCUT2D eigenvalue weighted by atomic mass is 16.2. The van der Waals surface area contributed by atoms with E-state index in [0.717, 1.165) is 15.5 Å². The molecule has 1 aliphatic heterocycles. The summed E-state index contributed by atoms with van der Waals surface area (Å²) in [5, 5.41) is 6.24. The first kappa shape index (κ1) is 12.3. The molecule has 1 aliphatic rings. The molecule has 4 amide bonds. The molecule has 96 valence electrons. The molecule has 1 atom stereocenters. The number of nitrogens with one attached hydrogen (secondary N) is 2. The first-order valence-corrected chi connectivity index (χ1v) is 5.50. The van der Waals surface area contributed by atoms with Crippen LogP contribution in [0.4, 0.5) is 9.59 Å². The van der Waals surface area contributed by atoms with E-state index in [-0.39, 0.29) is 6.54 Å². The number of nitrogens with zero attached hydrogens (tertiary/aromatic N) is 2. The minimum absolute atomic E-state index is 0.190. The number of benzene rings is 1. The predicted molar refractivity (Wildman–Crippen MR) is 64.8 cm³/mol. The number of carbonyl (C=O) groups excluding carboxylic acids is 2. The molecule has 1 aromatic carbocycles. The lowest BCUT2D eigenvalue weighted by atomic mass is 10.2. The van der Waals surface area contributed by atoms with Crippen LogP contribution in [0.5, 0.6) is 0 Å². The number of hydrogen-bond acceptors (Lipinski definition) is 4. The van der Waals surface area contributed by atoms with Crippen molar-refractivity contribution >= 4 is 12.1 Å². The number of carbonyl (C=O) groups is 2. The maximum Gasteiger partial charge on any atom is 0.345 e. The number of urea groups is 2. The van der Waals surface area contributed by atoms with Gasteiger partial charge in [-0.15, -0.1) is 0 Å². The zero-order chi connectivity index (χ0) is 13.1. The van der Waals surface area contributed by atoms with Crippen molar-refractivity contribution in [2.45, 2.75) is 12.8 Å². The van der Waals surface area contributed by atoms with Gasteiger partial charge in [0, 0.05) is 0 Å². The molecule has 1 saturated heterocycles. The van der Waals surface area contributed by atoms with Gasteiger partial charge in [0.1, 0.15) is 0 Å². The van der Waals surface area contributed by atoms with E-state index < -0.39 is 18.4 Å². The Balaban J connectivity index is 2.14. The van der Waals surface area contributed by atoms with Gasteiger partial charge in [0.25, 0.3) is 0 Å². The van der Waals surface area contributed by atoms with Crippen LogP contribution in [0.3, 0.4) is 0 Å². The molecule has 0 aliphatic carbocycles. The molecule has 0 aromatic heterocycles. The number of amides is 4. The molecule has 1 heterocycles. The SMILES string of the molecule is CNC1NC(=O)N(Cc2ccccc2)C(=O)N1N. The standard InChI is InChI=1S/C11H15N5O2/c1-13-9-14-10(17)15(11(18)16(9)12)7-8-5-3-2-4-6-8/h2-6,9,13H,7,12H2,1H3,(H,14,17). The summed E-state index contributed by atoms with van der Waals surface area (Å²) in [6, 6.07) is 8.23. The zero-order valence-electron chi connectivity index (χ0n) is 9.96. The Morgan fingerprint density at radius 1 is 1.33 bits per heavy atom. The monoisotopic (exact) mass is 249 g/mol. The number of nitrogens with two attached hydrogens (primary N) is 1. The Kier molecular flexibility index (Phi) is 3.45. The summed E-state index contributed by atoms with van der Waals surface area (Å²) >= 11 is 0. The molecule has 4 N–H and O–H groups in total. The minimum Gasteiger partial charge on any atom is -0.303 e. The molecule has 1 aromatic rings. The summed E-state index contributed by atoms with van der Waals surface area (Å²) in [7, 11) is 1.60. The van der Waals surface area contributed by atoms with Gasteiger partial charge in [-0.3, -0.25) is 5.32 Å². The number of rotatable bonds is 3. The van der Waals surface area contributed by atoms with Crippen molar-refractivity contribution in [2.75, 3.05) is 7.05 Å². The van der Waals surface area contributed by atoms with Crippen LogP contribution in [0.15, 0.2) is 30.3 Å². The van der Waals surface area contributed by atoms with Crippen molar-refractivity contribution in [3.8, 4) is 0 Å². The summed E-state index contributed by atoms with van der Waals surface area (Å²) in [6.45, 7) is 0.190. The molecule has 1 unspecified atom stereocenters. The van der Waals surface area contributed by atoms with Crippen LogP contribution >= 0.6 is 0 Å². The van der Waals surface area contributed by atoms with Crippen molar-refractivity contribution in [1.82, 2.24) is 20.5 Å². The maximum atomic E-state index is 11.9. The van der Waals surface area contributed by atoms with Crippen LogP contribution in [0.1, 0.15) is 5.56 Å².